The summed E-state index contributed by atoms with van der Waals surface area (Å²) in [5.74, 6) is 9.05. The van der Waals surface area contributed by atoms with Gasteiger partial charge in [-0.3, -0.25) is 11.3 Å². The first kappa shape index (κ1) is 13.4. The smallest absolute Gasteiger partial charge is 0.176 e. The fourth-order valence-corrected chi connectivity index (χ4v) is 2.34. The molecule has 0 spiro atoms. The van der Waals surface area contributed by atoms with Gasteiger partial charge in [-0.2, -0.15) is 16.6 Å². The molecule has 16 heavy (non-hydrogen) atoms. The van der Waals surface area contributed by atoms with Gasteiger partial charge >= 0.3 is 0 Å². The lowest BCUT2D eigenvalue weighted by atomic mass is 10.2. The van der Waals surface area contributed by atoms with E-state index in [1.807, 2.05) is 11.8 Å². The van der Waals surface area contributed by atoms with E-state index in [-0.39, 0.29) is 6.04 Å². The Morgan fingerprint density at radius 3 is 2.69 bits per heavy atom. The summed E-state index contributed by atoms with van der Waals surface area (Å²) in [5.41, 5.74) is 2.80. The van der Waals surface area contributed by atoms with Crippen LogP contribution in [0, 0.1) is 5.92 Å². The van der Waals surface area contributed by atoms with Crippen LogP contribution in [0.5, 0.6) is 0 Å². The molecule has 0 fully saturated rings. The number of nitrogens with one attached hydrogen (secondary N) is 1. The largest absolute Gasteiger partial charge is 0.271 e. The summed E-state index contributed by atoms with van der Waals surface area (Å²) in [6, 6.07) is 0.202. The molecule has 0 aromatic carbocycles. The van der Waals surface area contributed by atoms with Crippen LogP contribution in [0.25, 0.3) is 0 Å². The number of thioether (sulfide) groups is 1. The van der Waals surface area contributed by atoms with Crippen LogP contribution in [-0.4, -0.2) is 37.8 Å². The lowest BCUT2D eigenvalue weighted by Gasteiger charge is -2.14. The van der Waals surface area contributed by atoms with Crippen LogP contribution in [0.3, 0.4) is 0 Å². The molecule has 1 aromatic heterocycles. The normalized spacial score (nSPS) is 13.3. The minimum Gasteiger partial charge on any atom is -0.271 e. The molecular formula is C9H20N6S. The van der Waals surface area contributed by atoms with Gasteiger partial charge in [0, 0.05) is 18.2 Å². The van der Waals surface area contributed by atoms with E-state index in [9.17, 15) is 0 Å². The van der Waals surface area contributed by atoms with Gasteiger partial charge in [0.15, 0.2) is 5.82 Å². The molecule has 7 heteroatoms. The highest BCUT2D eigenvalue weighted by molar-refractivity contribution is 7.99. The molecule has 0 aliphatic carbocycles. The van der Waals surface area contributed by atoms with Crippen LogP contribution in [0.4, 0.5) is 0 Å². The summed E-state index contributed by atoms with van der Waals surface area (Å²) in [7, 11) is 1.76. The number of rotatable bonds is 7. The number of aryl methyl sites for hydroxylation is 1. The van der Waals surface area contributed by atoms with Crippen LogP contribution in [0.2, 0.25) is 0 Å². The molecule has 1 heterocycles. The van der Waals surface area contributed by atoms with Crippen molar-refractivity contribution in [2.24, 2.45) is 18.8 Å². The van der Waals surface area contributed by atoms with Crippen molar-refractivity contribution in [3.05, 3.63) is 5.82 Å². The summed E-state index contributed by atoms with van der Waals surface area (Å²) >= 11 is 1.89. The Morgan fingerprint density at radius 1 is 1.44 bits per heavy atom. The van der Waals surface area contributed by atoms with E-state index in [1.165, 1.54) is 4.80 Å². The number of tetrazole rings is 1. The zero-order valence-electron chi connectivity index (χ0n) is 10.1. The van der Waals surface area contributed by atoms with Crippen LogP contribution < -0.4 is 11.3 Å². The van der Waals surface area contributed by atoms with E-state index in [2.05, 4.69) is 34.7 Å². The van der Waals surface area contributed by atoms with Crippen molar-refractivity contribution in [1.29, 1.82) is 0 Å². The Kier molecular flexibility index (Phi) is 5.72. The van der Waals surface area contributed by atoms with Crippen molar-refractivity contribution in [2.75, 3.05) is 11.5 Å². The molecule has 0 saturated heterocycles. The van der Waals surface area contributed by atoms with Gasteiger partial charge in [0.25, 0.3) is 0 Å². The average Bonchev–Trinajstić information content (AvgIpc) is 2.62. The predicted molar refractivity (Wildman–Crippen MR) is 65.8 cm³/mol. The van der Waals surface area contributed by atoms with Crippen molar-refractivity contribution in [3.8, 4) is 0 Å². The topological polar surface area (TPSA) is 81.7 Å². The molecule has 1 unspecified atom stereocenters. The van der Waals surface area contributed by atoms with Gasteiger partial charge in [-0.15, -0.1) is 10.2 Å². The van der Waals surface area contributed by atoms with Crippen molar-refractivity contribution in [2.45, 2.75) is 26.3 Å². The maximum atomic E-state index is 5.50. The van der Waals surface area contributed by atoms with Crippen LogP contribution >= 0.6 is 11.8 Å². The average molecular weight is 244 g/mol. The number of nitrogens with two attached hydrogens (primary N) is 1. The Labute approximate surface area is 100 Å². The van der Waals surface area contributed by atoms with Gasteiger partial charge in [0.1, 0.15) is 0 Å². The first-order chi connectivity index (χ1) is 7.61. The molecule has 0 saturated carbocycles. The summed E-state index contributed by atoms with van der Waals surface area (Å²) in [4.78, 5) is 1.46. The molecule has 1 aromatic rings. The summed E-state index contributed by atoms with van der Waals surface area (Å²) < 4.78 is 0. The van der Waals surface area contributed by atoms with Crippen molar-refractivity contribution < 1.29 is 0 Å². The third-order valence-corrected chi connectivity index (χ3v) is 3.53. The fraction of sp³-hybridized carbons (Fsp3) is 0.889. The molecule has 0 aliphatic rings. The predicted octanol–water partition coefficient (Wildman–Crippen LogP) is -0.0263. The number of hydrogen-bond acceptors (Lipinski definition) is 6. The number of aromatic nitrogens is 4. The second-order valence-electron chi connectivity index (χ2n) is 4.19. The molecule has 0 aliphatic heterocycles. The van der Waals surface area contributed by atoms with Gasteiger partial charge < -0.3 is 0 Å². The van der Waals surface area contributed by atoms with Crippen LogP contribution in [0.1, 0.15) is 19.7 Å². The molecule has 3 N–H and O–H groups in total. The molecular weight excluding hydrogens is 224 g/mol. The van der Waals surface area contributed by atoms with Crippen molar-refractivity contribution in [3.63, 3.8) is 0 Å². The van der Waals surface area contributed by atoms with E-state index < -0.39 is 0 Å². The maximum Gasteiger partial charge on any atom is 0.176 e. The highest BCUT2D eigenvalue weighted by Gasteiger charge is 2.11. The fourth-order valence-electron chi connectivity index (χ4n) is 1.24. The van der Waals surface area contributed by atoms with E-state index >= 15 is 0 Å². The number of nitrogens with zero attached hydrogens (tertiary/aromatic N) is 4. The Bertz CT molecular complexity index is 300. The lowest BCUT2D eigenvalue weighted by Crippen LogP contribution is -2.39. The van der Waals surface area contributed by atoms with E-state index in [0.717, 1.165) is 23.8 Å². The number of hydrazine groups is 1. The van der Waals surface area contributed by atoms with Gasteiger partial charge in [-0.1, -0.05) is 13.8 Å². The van der Waals surface area contributed by atoms with Gasteiger partial charge in [-0.05, 0) is 16.9 Å². The first-order valence-electron chi connectivity index (χ1n) is 5.38. The third kappa shape index (κ3) is 4.91. The van der Waals surface area contributed by atoms with Crippen molar-refractivity contribution >= 4 is 11.8 Å². The van der Waals surface area contributed by atoms with E-state index in [0.29, 0.717) is 5.92 Å². The highest BCUT2D eigenvalue weighted by Crippen LogP contribution is 2.10. The number of hydrogen-bond donors (Lipinski definition) is 2. The minimum atomic E-state index is 0.202. The molecule has 0 amide bonds. The third-order valence-electron chi connectivity index (χ3n) is 1.98. The SMILES string of the molecule is CC(C)CSCC(Cc1nnn(C)n1)NN. The van der Waals surface area contributed by atoms with Crippen molar-refractivity contribution in [1.82, 2.24) is 25.6 Å². The Hall–Kier alpha value is -0.660. The van der Waals surface area contributed by atoms with Crippen LogP contribution in [0.15, 0.2) is 0 Å². The molecule has 1 atom stereocenters. The highest BCUT2D eigenvalue weighted by atomic mass is 32.2. The maximum absolute atomic E-state index is 5.50. The molecule has 6 nitrogen and oxygen atoms in total. The molecule has 1 rings (SSSR count). The lowest BCUT2D eigenvalue weighted by molar-refractivity contribution is 0.557. The van der Waals surface area contributed by atoms with Gasteiger partial charge in [0.2, 0.25) is 0 Å². The summed E-state index contributed by atoms with van der Waals surface area (Å²) in [6.45, 7) is 4.42. The summed E-state index contributed by atoms with van der Waals surface area (Å²) in [5, 5.41) is 11.9. The Morgan fingerprint density at radius 2 is 2.19 bits per heavy atom. The van der Waals surface area contributed by atoms with Gasteiger partial charge in [-0.25, -0.2) is 0 Å². The first-order valence-corrected chi connectivity index (χ1v) is 6.54. The van der Waals surface area contributed by atoms with Gasteiger partial charge in [0.05, 0.1) is 7.05 Å². The molecule has 0 radical (unpaired) electrons. The zero-order chi connectivity index (χ0) is 12.0. The second-order valence-corrected chi connectivity index (χ2v) is 5.27. The zero-order valence-corrected chi connectivity index (χ0v) is 10.9. The molecule has 92 valence electrons. The molecule has 0 bridgehead atoms. The second kappa shape index (κ2) is 6.82. The monoisotopic (exact) mass is 244 g/mol. The van der Waals surface area contributed by atoms with Crippen LogP contribution in [-0.2, 0) is 13.5 Å². The standard InChI is InChI=1S/C9H20N6S/c1-7(2)5-16-6-8(11-10)4-9-12-14-15(3)13-9/h7-8,11H,4-6,10H2,1-3H3. The van der Waals surface area contributed by atoms with E-state index in [1.54, 1.807) is 7.05 Å². The summed E-state index contributed by atoms with van der Waals surface area (Å²) in [6.07, 6.45) is 0.718. The van der Waals surface area contributed by atoms with E-state index in [4.69, 9.17) is 5.84 Å². The minimum absolute atomic E-state index is 0.202. The quantitative estimate of drug-likeness (QED) is 0.518. The Balaban J connectivity index is 2.31.